The normalized spacial score (nSPS) is 16.8. The molecule has 26 heavy (non-hydrogen) atoms. The predicted molar refractivity (Wildman–Crippen MR) is 98.5 cm³/mol. The van der Waals surface area contributed by atoms with Crippen LogP contribution in [0.2, 0.25) is 0 Å². The van der Waals surface area contributed by atoms with Crippen molar-refractivity contribution in [1.82, 2.24) is 25.0 Å². The Kier molecular flexibility index (Phi) is 5.06. The number of nitrogens with zero attached hydrogens (tertiary/aromatic N) is 4. The zero-order chi connectivity index (χ0) is 18.8. The molecule has 1 aliphatic rings. The standard InChI is InChI=1S/C19H25N5O2/c1-12(2)24(11-16-9-10-17(25)21-16)19(26)15-7-5-14(6-8-15)18-20-13(3)23(4)22-18/h5-8,12,16H,9-11H2,1-4H3,(H,21,25)/t16-/m1/s1. The van der Waals surface area contributed by atoms with Crippen LogP contribution in [0, 0.1) is 6.92 Å². The summed E-state index contributed by atoms with van der Waals surface area (Å²) in [6, 6.07) is 7.46. The number of rotatable bonds is 5. The highest BCUT2D eigenvalue weighted by Gasteiger charge is 2.27. The number of hydrogen-bond donors (Lipinski definition) is 1. The molecule has 0 bridgehead atoms. The van der Waals surface area contributed by atoms with Crippen molar-refractivity contribution in [3.8, 4) is 11.4 Å². The maximum atomic E-state index is 12.9. The van der Waals surface area contributed by atoms with Crippen molar-refractivity contribution >= 4 is 11.8 Å². The average Bonchev–Trinajstić information content (AvgIpc) is 3.17. The lowest BCUT2D eigenvalue weighted by molar-refractivity contribution is -0.119. The monoisotopic (exact) mass is 355 g/mol. The minimum atomic E-state index is -0.0298. The van der Waals surface area contributed by atoms with Gasteiger partial charge in [-0.1, -0.05) is 12.1 Å². The largest absolute Gasteiger partial charge is 0.352 e. The van der Waals surface area contributed by atoms with Crippen LogP contribution in [0.4, 0.5) is 0 Å². The minimum absolute atomic E-state index is 0.0298. The molecule has 1 saturated heterocycles. The van der Waals surface area contributed by atoms with Gasteiger partial charge in [0, 0.05) is 43.2 Å². The molecule has 7 nitrogen and oxygen atoms in total. The van der Waals surface area contributed by atoms with E-state index < -0.39 is 0 Å². The first-order valence-corrected chi connectivity index (χ1v) is 8.93. The van der Waals surface area contributed by atoms with Gasteiger partial charge in [0.05, 0.1) is 0 Å². The summed E-state index contributed by atoms with van der Waals surface area (Å²) >= 11 is 0. The summed E-state index contributed by atoms with van der Waals surface area (Å²) in [6.07, 6.45) is 1.31. The van der Waals surface area contributed by atoms with E-state index in [4.69, 9.17) is 0 Å². The highest BCUT2D eigenvalue weighted by Crippen LogP contribution is 2.19. The lowest BCUT2D eigenvalue weighted by atomic mass is 10.1. The maximum absolute atomic E-state index is 12.9. The van der Waals surface area contributed by atoms with E-state index in [0.29, 0.717) is 24.4 Å². The third kappa shape index (κ3) is 3.76. The van der Waals surface area contributed by atoms with E-state index in [0.717, 1.165) is 17.8 Å². The van der Waals surface area contributed by atoms with E-state index in [1.165, 1.54) is 0 Å². The maximum Gasteiger partial charge on any atom is 0.254 e. The van der Waals surface area contributed by atoms with E-state index in [2.05, 4.69) is 15.4 Å². The van der Waals surface area contributed by atoms with Crippen LogP contribution in [0.1, 0.15) is 42.9 Å². The van der Waals surface area contributed by atoms with Crippen LogP contribution in [0.5, 0.6) is 0 Å². The summed E-state index contributed by atoms with van der Waals surface area (Å²) in [7, 11) is 1.85. The summed E-state index contributed by atoms with van der Waals surface area (Å²) in [5.74, 6) is 1.52. The highest BCUT2D eigenvalue weighted by atomic mass is 16.2. The fourth-order valence-corrected chi connectivity index (χ4v) is 3.09. The van der Waals surface area contributed by atoms with Crippen molar-refractivity contribution in [2.75, 3.05) is 6.54 Å². The Morgan fingerprint density at radius 3 is 2.54 bits per heavy atom. The molecule has 1 aromatic heterocycles. The van der Waals surface area contributed by atoms with Crippen molar-refractivity contribution in [3.63, 3.8) is 0 Å². The third-order valence-electron chi connectivity index (χ3n) is 4.76. The Labute approximate surface area is 153 Å². The van der Waals surface area contributed by atoms with Crippen LogP contribution in [0.25, 0.3) is 11.4 Å². The van der Waals surface area contributed by atoms with Crippen LogP contribution < -0.4 is 5.32 Å². The van der Waals surface area contributed by atoms with Gasteiger partial charge in [0.2, 0.25) is 5.91 Å². The first-order valence-electron chi connectivity index (χ1n) is 8.93. The molecule has 0 saturated carbocycles. The van der Waals surface area contributed by atoms with Gasteiger partial charge in [-0.25, -0.2) is 4.98 Å². The molecule has 1 aromatic carbocycles. The fourth-order valence-electron chi connectivity index (χ4n) is 3.09. The Morgan fingerprint density at radius 2 is 2.04 bits per heavy atom. The smallest absolute Gasteiger partial charge is 0.254 e. The number of benzene rings is 1. The Bertz CT molecular complexity index is 790. The molecule has 138 valence electrons. The Hall–Kier alpha value is -2.70. The van der Waals surface area contributed by atoms with Crippen LogP contribution in [-0.4, -0.2) is 50.1 Å². The quantitative estimate of drug-likeness (QED) is 0.889. The molecule has 1 atom stereocenters. The van der Waals surface area contributed by atoms with Crippen molar-refractivity contribution in [2.45, 2.75) is 45.7 Å². The van der Waals surface area contributed by atoms with Gasteiger partial charge in [0.1, 0.15) is 5.82 Å². The van der Waals surface area contributed by atoms with E-state index in [1.807, 2.05) is 57.0 Å². The molecule has 2 aromatic rings. The zero-order valence-corrected chi connectivity index (χ0v) is 15.7. The molecule has 0 unspecified atom stereocenters. The molecule has 2 heterocycles. The predicted octanol–water partition coefficient (Wildman–Crippen LogP) is 1.92. The first-order chi connectivity index (χ1) is 12.3. The van der Waals surface area contributed by atoms with E-state index in [-0.39, 0.29) is 23.9 Å². The molecule has 1 N–H and O–H groups in total. The van der Waals surface area contributed by atoms with Crippen molar-refractivity contribution < 1.29 is 9.59 Å². The van der Waals surface area contributed by atoms with Gasteiger partial charge in [-0.2, -0.15) is 5.10 Å². The number of aromatic nitrogens is 3. The summed E-state index contributed by atoms with van der Waals surface area (Å²) in [5, 5.41) is 7.30. The molecule has 0 spiro atoms. The molecule has 1 fully saturated rings. The lowest BCUT2D eigenvalue weighted by Crippen LogP contribution is -2.45. The summed E-state index contributed by atoms with van der Waals surface area (Å²) in [5.41, 5.74) is 1.50. The number of nitrogens with one attached hydrogen (secondary N) is 1. The summed E-state index contributed by atoms with van der Waals surface area (Å²) < 4.78 is 1.73. The van der Waals surface area contributed by atoms with Crippen LogP contribution in [-0.2, 0) is 11.8 Å². The SMILES string of the molecule is Cc1nc(-c2ccc(C(=O)N(C[C@H]3CCC(=O)N3)C(C)C)cc2)nn1C. The lowest BCUT2D eigenvalue weighted by Gasteiger charge is -2.29. The zero-order valence-electron chi connectivity index (χ0n) is 15.7. The molecule has 7 heteroatoms. The van der Waals surface area contributed by atoms with Gasteiger partial charge in [0.25, 0.3) is 5.91 Å². The Morgan fingerprint density at radius 1 is 1.35 bits per heavy atom. The first kappa shape index (κ1) is 18.1. The van der Waals surface area contributed by atoms with Gasteiger partial charge in [-0.05, 0) is 39.3 Å². The van der Waals surface area contributed by atoms with Gasteiger partial charge >= 0.3 is 0 Å². The molecular formula is C19H25N5O2. The molecule has 0 radical (unpaired) electrons. The molecular weight excluding hydrogens is 330 g/mol. The number of aryl methyl sites for hydroxylation is 2. The van der Waals surface area contributed by atoms with Gasteiger partial charge in [-0.15, -0.1) is 0 Å². The van der Waals surface area contributed by atoms with E-state index in [1.54, 1.807) is 4.68 Å². The van der Waals surface area contributed by atoms with E-state index >= 15 is 0 Å². The van der Waals surface area contributed by atoms with Crippen molar-refractivity contribution in [1.29, 1.82) is 0 Å². The molecule has 0 aliphatic carbocycles. The van der Waals surface area contributed by atoms with E-state index in [9.17, 15) is 9.59 Å². The van der Waals surface area contributed by atoms with Crippen LogP contribution in [0.3, 0.4) is 0 Å². The summed E-state index contributed by atoms with van der Waals surface area (Å²) in [6.45, 7) is 6.41. The topological polar surface area (TPSA) is 80.1 Å². The number of carbonyl (C=O) groups excluding carboxylic acids is 2. The average molecular weight is 355 g/mol. The number of hydrogen-bond acceptors (Lipinski definition) is 4. The number of amides is 2. The number of carbonyl (C=O) groups is 2. The fraction of sp³-hybridized carbons (Fsp3) is 0.474. The van der Waals surface area contributed by atoms with Gasteiger partial charge in [0.15, 0.2) is 5.82 Å². The van der Waals surface area contributed by atoms with Crippen molar-refractivity contribution in [3.05, 3.63) is 35.7 Å². The van der Waals surface area contributed by atoms with Crippen LogP contribution >= 0.6 is 0 Å². The second kappa shape index (κ2) is 7.27. The van der Waals surface area contributed by atoms with Crippen LogP contribution in [0.15, 0.2) is 24.3 Å². The highest BCUT2D eigenvalue weighted by molar-refractivity contribution is 5.95. The molecule has 1 aliphatic heterocycles. The van der Waals surface area contributed by atoms with Gasteiger partial charge in [-0.3, -0.25) is 14.3 Å². The third-order valence-corrected chi connectivity index (χ3v) is 4.76. The van der Waals surface area contributed by atoms with Crippen molar-refractivity contribution in [2.24, 2.45) is 7.05 Å². The molecule has 2 amide bonds. The van der Waals surface area contributed by atoms with Gasteiger partial charge < -0.3 is 10.2 Å². The minimum Gasteiger partial charge on any atom is -0.352 e. The summed E-state index contributed by atoms with van der Waals surface area (Å²) in [4.78, 5) is 30.6. The second-order valence-corrected chi connectivity index (χ2v) is 7.04. The second-order valence-electron chi connectivity index (χ2n) is 7.04. The molecule has 3 rings (SSSR count). The Balaban J connectivity index is 1.75.